The average Bonchev–Trinajstić information content (AvgIpc) is 3.01. The number of halogens is 1. The van der Waals surface area contributed by atoms with Crippen molar-refractivity contribution < 1.29 is 18.7 Å². The first-order chi connectivity index (χ1) is 20.8. The van der Waals surface area contributed by atoms with Crippen LogP contribution in [0.3, 0.4) is 0 Å². The summed E-state index contributed by atoms with van der Waals surface area (Å²) >= 11 is 0. The van der Waals surface area contributed by atoms with Gasteiger partial charge in [0.25, 0.3) is 5.91 Å². The first-order valence-corrected chi connectivity index (χ1v) is 12.7. The summed E-state index contributed by atoms with van der Waals surface area (Å²) in [5.41, 5.74) is 18.8. The lowest BCUT2D eigenvalue weighted by Gasteiger charge is -2.17. The minimum Gasteiger partial charge on any atom is -0.480 e. The second-order valence-electron chi connectivity index (χ2n) is 9.10. The average molecular weight is 583 g/mol. The van der Waals surface area contributed by atoms with E-state index in [1.54, 1.807) is 42.6 Å². The summed E-state index contributed by atoms with van der Waals surface area (Å²) in [6.45, 7) is 0. The predicted octanol–water partition coefficient (Wildman–Crippen LogP) is 3.52. The van der Waals surface area contributed by atoms with E-state index in [1.807, 2.05) is 12.1 Å². The van der Waals surface area contributed by atoms with Crippen molar-refractivity contribution in [3.63, 3.8) is 0 Å². The van der Waals surface area contributed by atoms with Crippen molar-refractivity contribution in [3.8, 4) is 23.0 Å². The number of methoxy groups -OCH3 is 2. The quantitative estimate of drug-likeness (QED) is 0.0609. The highest BCUT2D eigenvalue weighted by Crippen LogP contribution is 2.35. The number of benzene rings is 3. The van der Waals surface area contributed by atoms with Gasteiger partial charge in [0.05, 0.1) is 36.6 Å². The molecule has 0 atom stereocenters. The molecular weight excluding hydrogens is 555 g/mol. The zero-order valence-electron chi connectivity index (χ0n) is 23.1. The van der Waals surface area contributed by atoms with Gasteiger partial charge in [-0.1, -0.05) is 12.1 Å². The van der Waals surface area contributed by atoms with Crippen LogP contribution in [0.15, 0.2) is 78.2 Å². The molecule has 1 amide bonds. The second kappa shape index (κ2) is 12.2. The van der Waals surface area contributed by atoms with Gasteiger partial charge in [0.1, 0.15) is 5.82 Å². The van der Waals surface area contributed by atoms with Crippen molar-refractivity contribution in [2.75, 3.05) is 24.9 Å². The van der Waals surface area contributed by atoms with Gasteiger partial charge < -0.3 is 31.6 Å². The molecule has 0 bridgehead atoms. The van der Waals surface area contributed by atoms with Gasteiger partial charge in [-0.15, -0.1) is 5.10 Å². The van der Waals surface area contributed by atoms with Crippen LogP contribution in [-0.2, 0) is 0 Å². The molecule has 3 aromatic carbocycles. The molecule has 2 aromatic heterocycles. The maximum absolute atomic E-state index is 13.5. The number of anilines is 4. The number of pyridine rings is 1. The number of hydrogen-bond donors (Lipinski definition) is 6. The Bertz CT molecular complexity index is 1850. The van der Waals surface area contributed by atoms with Crippen LogP contribution in [0, 0.1) is 5.82 Å². The fourth-order valence-electron chi connectivity index (χ4n) is 4.38. The van der Waals surface area contributed by atoms with E-state index in [0.717, 1.165) is 5.56 Å². The summed E-state index contributed by atoms with van der Waals surface area (Å²) in [4.78, 5) is 25.4. The summed E-state index contributed by atoms with van der Waals surface area (Å²) in [7, 11) is 2.97. The molecule has 0 fully saturated rings. The van der Waals surface area contributed by atoms with Gasteiger partial charge in [0, 0.05) is 40.4 Å². The van der Waals surface area contributed by atoms with Gasteiger partial charge in [-0.3, -0.25) is 9.78 Å². The smallest absolute Gasteiger partial charge is 0.319 e. The summed E-state index contributed by atoms with van der Waals surface area (Å²) in [6.07, 6.45) is 2.99. The Labute approximate surface area is 244 Å². The number of amides is 1. The van der Waals surface area contributed by atoms with Crippen molar-refractivity contribution in [3.05, 3.63) is 90.0 Å². The normalized spacial score (nSPS) is 11.2. The SMILES string of the molecule is COc1ncc(-c2ccc3c(Nc4cc(Nc5ccc(F)cc5)cc(/C(N)=N/NN)c4)c(C(N)=O)cnc3c2)c(OC)n1. The highest BCUT2D eigenvalue weighted by molar-refractivity contribution is 6.08. The van der Waals surface area contributed by atoms with Crippen molar-refractivity contribution in [2.24, 2.45) is 22.4 Å². The number of carbonyl (C=O) groups excluding carboxylic acids is 1. The van der Waals surface area contributed by atoms with Gasteiger partial charge in [-0.05, 0) is 54.1 Å². The van der Waals surface area contributed by atoms with Crippen molar-refractivity contribution in [1.82, 2.24) is 20.5 Å². The van der Waals surface area contributed by atoms with Gasteiger partial charge in [-0.25, -0.2) is 20.8 Å². The van der Waals surface area contributed by atoms with Crippen LogP contribution < -0.4 is 43.0 Å². The number of hydrazine groups is 1. The molecule has 0 saturated carbocycles. The van der Waals surface area contributed by atoms with Crippen LogP contribution in [0.25, 0.3) is 22.0 Å². The summed E-state index contributed by atoms with van der Waals surface area (Å²) in [6, 6.07) is 16.7. The molecule has 9 N–H and O–H groups in total. The number of fused-ring (bicyclic) bond motifs is 1. The predicted molar refractivity (Wildman–Crippen MR) is 162 cm³/mol. The Kier molecular flexibility index (Phi) is 8.11. The highest BCUT2D eigenvalue weighted by atomic mass is 19.1. The Morgan fingerprint density at radius 1 is 0.884 bits per heavy atom. The van der Waals surface area contributed by atoms with Gasteiger partial charge in [0.2, 0.25) is 5.88 Å². The molecule has 0 spiro atoms. The zero-order chi connectivity index (χ0) is 30.5. The largest absolute Gasteiger partial charge is 0.480 e. The topological polar surface area (TPSA) is 201 Å². The Morgan fingerprint density at radius 3 is 2.30 bits per heavy atom. The minimum atomic E-state index is -0.680. The number of primary amides is 1. The van der Waals surface area contributed by atoms with E-state index in [2.05, 4.69) is 36.2 Å². The fourth-order valence-corrected chi connectivity index (χ4v) is 4.38. The van der Waals surface area contributed by atoms with Gasteiger partial charge >= 0.3 is 6.01 Å². The van der Waals surface area contributed by atoms with E-state index >= 15 is 0 Å². The number of aromatic nitrogens is 3. The number of hydrogen-bond acceptors (Lipinski definition) is 11. The van der Waals surface area contributed by atoms with E-state index < -0.39 is 5.91 Å². The summed E-state index contributed by atoms with van der Waals surface area (Å²) < 4.78 is 24.0. The first-order valence-electron chi connectivity index (χ1n) is 12.7. The highest BCUT2D eigenvalue weighted by Gasteiger charge is 2.17. The third kappa shape index (κ3) is 6.18. The first kappa shape index (κ1) is 28.5. The molecule has 5 rings (SSSR count). The van der Waals surface area contributed by atoms with Crippen LogP contribution in [0.1, 0.15) is 15.9 Å². The van der Waals surface area contributed by atoms with E-state index in [1.165, 1.54) is 32.5 Å². The Morgan fingerprint density at radius 2 is 1.63 bits per heavy atom. The number of ether oxygens (including phenoxy) is 2. The van der Waals surface area contributed by atoms with Gasteiger partial charge in [-0.2, -0.15) is 4.98 Å². The molecule has 0 aliphatic rings. The molecule has 0 saturated heterocycles. The minimum absolute atomic E-state index is 0.100. The standard InChI is InChI=1S/C29H27FN10O3/c1-42-28-22(13-35-29(38-28)43-2)15-3-8-21-24(11-15)34-14-23(27(32)41)25(21)37-20-10-16(26(31)39-40-33)9-19(12-20)36-18-6-4-17(30)5-7-18/h3-14,36,40H,33H2,1-2H3,(H2,31,39)(H2,32,41)(H,34,37). The van der Waals surface area contributed by atoms with Crippen LogP contribution in [0.5, 0.6) is 11.9 Å². The zero-order valence-corrected chi connectivity index (χ0v) is 23.1. The van der Waals surface area contributed by atoms with Crippen molar-refractivity contribution in [1.29, 1.82) is 0 Å². The number of nitrogens with one attached hydrogen (secondary N) is 3. The lowest BCUT2D eigenvalue weighted by molar-refractivity contribution is 0.100. The molecular formula is C29H27FN10O3. The Balaban J connectivity index is 1.60. The second-order valence-corrected chi connectivity index (χ2v) is 9.10. The molecule has 43 heavy (non-hydrogen) atoms. The molecule has 2 heterocycles. The molecule has 0 unspecified atom stereocenters. The van der Waals surface area contributed by atoms with E-state index in [-0.39, 0.29) is 23.2 Å². The summed E-state index contributed by atoms with van der Waals surface area (Å²) in [5, 5.41) is 11.0. The summed E-state index contributed by atoms with van der Waals surface area (Å²) in [5.74, 6) is 4.72. The molecule has 5 aromatic rings. The molecule has 14 heteroatoms. The maximum Gasteiger partial charge on any atom is 0.319 e. The van der Waals surface area contributed by atoms with Crippen molar-refractivity contribution in [2.45, 2.75) is 0 Å². The monoisotopic (exact) mass is 582 g/mol. The molecule has 0 aliphatic carbocycles. The van der Waals surface area contributed by atoms with E-state index in [9.17, 15) is 9.18 Å². The molecule has 13 nitrogen and oxygen atoms in total. The van der Waals surface area contributed by atoms with Gasteiger partial charge in [0.15, 0.2) is 5.84 Å². The molecule has 218 valence electrons. The number of nitrogens with two attached hydrogens (primary N) is 3. The van der Waals surface area contributed by atoms with Crippen LogP contribution in [0.2, 0.25) is 0 Å². The molecule has 0 radical (unpaired) electrons. The lowest BCUT2D eigenvalue weighted by atomic mass is 10.0. The number of rotatable bonds is 10. The van der Waals surface area contributed by atoms with Crippen LogP contribution in [0.4, 0.5) is 27.1 Å². The third-order valence-corrected chi connectivity index (χ3v) is 6.37. The lowest BCUT2D eigenvalue weighted by Crippen LogP contribution is -2.23. The third-order valence-electron chi connectivity index (χ3n) is 6.37. The maximum atomic E-state index is 13.5. The van der Waals surface area contributed by atoms with Crippen LogP contribution >= 0.6 is 0 Å². The number of nitrogens with zero attached hydrogens (tertiary/aromatic N) is 4. The van der Waals surface area contributed by atoms with Crippen LogP contribution in [-0.4, -0.2) is 40.9 Å². The fraction of sp³-hybridized carbons (Fsp3) is 0.0690. The number of hydrazone groups is 1. The number of carbonyl (C=O) groups is 1. The number of amidine groups is 1. The molecule has 0 aliphatic heterocycles. The van der Waals surface area contributed by atoms with E-state index in [0.29, 0.717) is 50.7 Å². The van der Waals surface area contributed by atoms with E-state index in [4.69, 9.17) is 26.8 Å². The van der Waals surface area contributed by atoms with Crippen molar-refractivity contribution >= 4 is 45.4 Å². The Hall–Kier alpha value is -6.02.